The fourth-order valence-corrected chi connectivity index (χ4v) is 3.01. The molecule has 0 bridgehead atoms. The van der Waals surface area contributed by atoms with E-state index in [9.17, 15) is 4.79 Å². The summed E-state index contributed by atoms with van der Waals surface area (Å²) in [6.07, 6.45) is 3.64. The molecule has 1 amide bonds. The SMILES string of the molecule is CCCNCC(=O)N1CC2CCCN2CC1C. The molecule has 0 aromatic carbocycles. The molecule has 2 aliphatic heterocycles. The fraction of sp³-hybridized carbons (Fsp3) is 0.923. The van der Waals surface area contributed by atoms with Crippen LogP contribution in [0.5, 0.6) is 0 Å². The molecule has 2 rings (SSSR count). The van der Waals surface area contributed by atoms with Gasteiger partial charge in [0.1, 0.15) is 0 Å². The predicted molar refractivity (Wildman–Crippen MR) is 68.9 cm³/mol. The van der Waals surface area contributed by atoms with Crippen molar-refractivity contribution in [1.82, 2.24) is 15.1 Å². The van der Waals surface area contributed by atoms with E-state index in [-0.39, 0.29) is 5.91 Å². The summed E-state index contributed by atoms with van der Waals surface area (Å²) in [6, 6.07) is 1.00. The number of piperazine rings is 1. The maximum Gasteiger partial charge on any atom is 0.236 e. The van der Waals surface area contributed by atoms with Gasteiger partial charge in [-0.3, -0.25) is 9.69 Å². The van der Waals surface area contributed by atoms with Crippen LogP contribution in [0.2, 0.25) is 0 Å². The maximum absolute atomic E-state index is 12.1. The second-order valence-corrected chi connectivity index (χ2v) is 5.36. The van der Waals surface area contributed by atoms with Gasteiger partial charge in [0.2, 0.25) is 5.91 Å². The molecule has 0 aromatic rings. The van der Waals surface area contributed by atoms with Crippen LogP contribution in [-0.4, -0.2) is 60.5 Å². The first-order valence-electron chi connectivity index (χ1n) is 6.96. The first-order chi connectivity index (χ1) is 8.22. The van der Waals surface area contributed by atoms with Crippen molar-refractivity contribution in [1.29, 1.82) is 0 Å². The normalized spacial score (nSPS) is 29.4. The second-order valence-electron chi connectivity index (χ2n) is 5.36. The standard InChI is InChI=1S/C13H25N3O/c1-3-6-14-8-13(17)16-10-12-5-4-7-15(12)9-11(16)2/h11-12,14H,3-10H2,1-2H3. The van der Waals surface area contributed by atoms with E-state index >= 15 is 0 Å². The minimum Gasteiger partial charge on any atom is -0.336 e. The molecule has 17 heavy (non-hydrogen) atoms. The monoisotopic (exact) mass is 239 g/mol. The van der Waals surface area contributed by atoms with Crippen molar-refractivity contribution >= 4 is 5.91 Å². The lowest BCUT2D eigenvalue weighted by molar-refractivity contribution is -0.135. The van der Waals surface area contributed by atoms with Gasteiger partial charge in [-0.2, -0.15) is 0 Å². The Balaban J connectivity index is 1.84. The number of fused-ring (bicyclic) bond motifs is 1. The third-order valence-corrected chi connectivity index (χ3v) is 3.96. The molecule has 2 aliphatic rings. The van der Waals surface area contributed by atoms with Crippen LogP contribution in [0.15, 0.2) is 0 Å². The van der Waals surface area contributed by atoms with Gasteiger partial charge in [-0.25, -0.2) is 0 Å². The second kappa shape index (κ2) is 5.83. The van der Waals surface area contributed by atoms with Crippen LogP contribution < -0.4 is 5.32 Å². The van der Waals surface area contributed by atoms with Gasteiger partial charge in [0.25, 0.3) is 0 Å². The molecule has 2 saturated heterocycles. The molecular weight excluding hydrogens is 214 g/mol. The van der Waals surface area contributed by atoms with Gasteiger partial charge in [-0.05, 0) is 39.3 Å². The molecule has 0 aromatic heterocycles. The minimum absolute atomic E-state index is 0.275. The van der Waals surface area contributed by atoms with Crippen LogP contribution in [0.25, 0.3) is 0 Å². The zero-order valence-electron chi connectivity index (χ0n) is 11.1. The fourth-order valence-electron chi connectivity index (χ4n) is 3.01. The Morgan fingerprint density at radius 3 is 3.00 bits per heavy atom. The molecular formula is C13H25N3O. The molecule has 2 fully saturated rings. The van der Waals surface area contributed by atoms with Crippen molar-refractivity contribution in [2.45, 2.75) is 45.2 Å². The number of rotatable bonds is 4. The average Bonchev–Trinajstić information content (AvgIpc) is 2.75. The molecule has 2 unspecified atom stereocenters. The first-order valence-corrected chi connectivity index (χ1v) is 6.96. The molecule has 0 spiro atoms. The summed E-state index contributed by atoms with van der Waals surface area (Å²) in [6.45, 7) is 8.96. The summed E-state index contributed by atoms with van der Waals surface area (Å²) in [5, 5.41) is 3.21. The minimum atomic E-state index is 0.275. The Morgan fingerprint density at radius 1 is 1.41 bits per heavy atom. The number of nitrogens with one attached hydrogen (secondary N) is 1. The van der Waals surface area contributed by atoms with Crippen LogP contribution in [0, 0.1) is 0 Å². The molecule has 1 N–H and O–H groups in total. The van der Waals surface area contributed by atoms with Crippen LogP contribution in [0.4, 0.5) is 0 Å². The lowest BCUT2D eigenvalue weighted by atomic mass is 10.1. The summed E-state index contributed by atoms with van der Waals surface area (Å²) in [4.78, 5) is 16.7. The zero-order chi connectivity index (χ0) is 12.3. The van der Waals surface area contributed by atoms with Crippen molar-refractivity contribution in [3.8, 4) is 0 Å². The van der Waals surface area contributed by atoms with Crippen LogP contribution in [0.3, 0.4) is 0 Å². The molecule has 98 valence electrons. The Labute approximate surface area is 104 Å². The number of carbonyl (C=O) groups excluding carboxylic acids is 1. The van der Waals surface area contributed by atoms with Gasteiger partial charge in [0.05, 0.1) is 6.54 Å². The van der Waals surface area contributed by atoms with E-state index < -0.39 is 0 Å². The van der Waals surface area contributed by atoms with E-state index in [1.165, 1.54) is 19.4 Å². The van der Waals surface area contributed by atoms with E-state index in [1.807, 2.05) is 0 Å². The predicted octanol–water partition coefficient (Wildman–Crippen LogP) is 0.681. The number of nitrogens with zero attached hydrogens (tertiary/aromatic N) is 2. The zero-order valence-corrected chi connectivity index (χ0v) is 11.1. The highest BCUT2D eigenvalue weighted by Gasteiger charge is 2.35. The Kier molecular flexibility index (Phi) is 4.40. The van der Waals surface area contributed by atoms with E-state index in [0.717, 1.165) is 26.1 Å². The average molecular weight is 239 g/mol. The van der Waals surface area contributed by atoms with Crippen molar-refractivity contribution in [2.24, 2.45) is 0 Å². The van der Waals surface area contributed by atoms with Gasteiger partial charge in [-0.1, -0.05) is 6.92 Å². The topological polar surface area (TPSA) is 35.6 Å². The van der Waals surface area contributed by atoms with Crippen molar-refractivity contribution in [3.63, 3.8) is 0 Å². The third kappa shape index (κ3) is 2.99. The molecule has 0 radical (unpaired) electrons. The quantitative estimate of drug-likeness (QED) is 0.733. The van der Waals surface area contributed by atoms with E-state index in [2.05, 4.69) is 29.0 Å². The number of carbonyl (C=O) groups is 1. The highest BCUT2D eigenvalue weighted by molar-refractivity contribution is 5.78. The molecule has 0 saturated carbocycles. The molecule has 4 heteroatoms. The van der Waals surface area contributed by atoms with Gasteiger partial charge in [0.15, 0.2) is 0 Å². The first kappa shape index (κ1) is 12.8. The van der Waals surface area contributed by atoms with Crippen LogP contribution >= 0.6 is 0 Å². The largest absolute Gasteiger partial charge is 0.336 e. The Hall–Kier alpha value is -0.610. The lowest BCUT2D eigenvalue weighted by Gasteiger charge is -2.42. The van der Waals surface area contributed by atoms with Gasteiger partial charge in [0, 0.05) is 25.2 Å². The lowest BCUT2D eigenvalue weighted by Crippen LogP contribution is -2.58. The molecule has 2 heterocycles. The number of hydrogen-bond donors (Lipinski definition) is 1. The molecule has 2 atom stereocenters. The summed E-state index contributed by atoms with van der Waals surface area (Å²) >= 11 is 0. The molecule has 4 nitrogen and oxygen atoms in total. The van der Waals surface area contributed by atoms with Crippen LogP contribution in [-0.2, 0) is 4.79 Å². The van der Waals surface area contributed by atoms with Crippen molar-refractivity contribution < 1.29 is 4.79 Å². The van der Waals surface area contributed by atoms with Crippen molar-refractivity contribution in [3.05, 3.63) is 0 Å². The number of hydrogen-bond acceptors (Lipinski definition) is 3. The van der Waals surface area contributed by atoms with E-state index in [1.54, 1.807) is 0 Å². The highest BCUT2D eigenvalue weighted by Crippen LogP contribution is 2.24. The summed E-state index contributed by atoms with van der Waals surface area (Å²) in [7, 11) is 0. The smallest absolute Gasteiger partial charge is 0.236 e. The third-order valence-electron chi connectivity index (χ3n) is 3.96. The maximum atomic E-state index is 12.1. The number of amides is 1. The highest BCUT2D eigenvalue weighted by atomic mass is 16.2. The van der Waals surface area contributed by atoms with Gasteiger partial charge in [-0.15, -0.1) is 0 Å². The summed E-state index contributed by atoms with van der Waals surface area (Å²) in [5.74, 6) is 0.275. The summed E-state index contributed by atoms with van der Waals surface area (Å²) in [5.41, 5.74) is 0. The Bertz CT molecular complexity index is 269. The molecule has 0 aliphatic carbocycles. The Morgan fingerprint density at radius 2 is 2.24 bits per heavy atom. The van der Waals surface area contributed by atoms with Crippen molar-refractivity contribution in [2.75, 3.05) is 32.7 Å². The van der Waals surface area contributed by atoms with E-state index in [0.29, 0.717) is 18.6 Å². The van der Waals surface area contributed by atoms with Crippen LogP contribution in [0.1, 0.15) is 33.1 Å². The van der Waals surface area contributed by atoms with E-state index in [4.69, 9.17) is 0 Å². The van der Waals surface area contributed by atoms with Gasteiger partial charge >= 0.3 is 0 Å². The summed E-state index contributed by atoms with van der Waals surface area (Å²) < 4.78 is 0. The van der Waals surface area contributed by atoms with Gasteiger partial charge < -0.3 is 10.2 Å².